The van der Waals surface area contributed by atoms with E-state index in [0.29, 0.717) is 4.47 Å². The molecule has 1 aromatic carbocycles. The van der Waals surface area contributed by atoms with Crippen molar-refractivity contribution in [3.05, 3.63) is 33.0 Å². The number of ketones is 1. The largest absolute Gasteiger partial charge is 0.469 e. The average molecular weight is 338 g/mol. The lowest BCUT2D eigenvalue weighted by Crippen LogP contribution is -2.09. The number of Topliss-reactive ketones (excluding diaryl/α,β-unsaturated/α-hetero) is 1. The number of esters is 1. The van der Waals surface area contributed by atoms with E-state index in [1.165, 1.54) is 13.2 Å². The summed E-state index contributed by atoms with van der Waals surface area (Å²) in [4.78, 5) is 22.4. The maximum atomic E-state index is 13.7. The Labute approximate surface area is 117 Å². The van der Waals surface area contributed by atoms with Gasteiger partial charge in [-0.05, 0) is 27.6 Å². The smallest absolute Gasteiger partial charge is 0.305 e. The number of carbonyl (C=O) groups excluding carboxylic acids is 2. The van der Waals surface area contributed by atoms with Crippen LogP contribution in [-0.2, 0) is 20.7 Å². The molecule has 0 N–H and O–H groups in total. The third-order valence-corrected chi connectivity index (χ3v) is 3.60. The molecule has 98 valence electrons. The zero-order valence-electron chi connectivity index (χ0n) is 9.63. The van der Waals surface area contributed by atoms with Crippen molar-refractivity contribution in [1.29, 1.82) is 0 Å². The monoisotopic (exact) mass is 336 g/mol. The Morgan fingerprint density at radius 1 is 1.39 bits per heavy atom. The van der Waals surface area contributed by atoms with E-state index < -0.39 is 11.8 Å². The van der Waals surface area contributed by atoms with E-state index in [1.807, 2.05) is 0 Å². The third-order valence-electron chi connectivity index (χ3n) is 2.34. The molecule has 0 aliphatic heterocycles. The summed E-state index contributed by atoms with van der Waals surface area (Å²) in [5.41, 5.74) is 0.220. The van der Waals surface area contributed by atoms with Crippen molar-refractivity contribution >= 4 is 39.3 Å². The molecule has 0 bridgehead atoms. The van der Waals surface area contributed by atoms with Crippen LogP contribution in [0, 0.1) is 5.82 Å². The minimum Gasteiger partial charge on any atom is -0.469 e. The molecule has 6 heteroatoms. The van der Waals surface area contributed by atoms with Crippen LogP contribution in [0.25, 0.3) is 0 Å². The molecule has 1 rings (SSSR count). The molecule has 0 saturated carbocycles. The quantitative estimate of drug-likeness (QED) is 0.611. The molecule has 18 heavy (non-hydrogen) atoms. The lowest BCUT2D eigenvalue weighted by Gasteiger charge is -2.05. The van der Waals surface area contributed by atoms with Crippen LogP contribution < -0.4 is 0 Å². The highest BCUT2D eigenvalue weighted by molar-refractivity contribution is 9.10. The van der Waals surface area contributed by atoms with Gasteiger partial charge in [0.1, 0.15) is 11.6 Å². The Morgan fingerprint density at radius 2 is 2.06 bits per heavy atom. The van der Waals surface area contributed by atoms with Gasteiger partial charge in [0, 0.05) is 17.3 Å². The van der Waals surface area contributed by atoms with E-state index in [1.54, 1.807) is 6.07 Å². The van der Waals surface area contributed by atoms with E-state index >= 15 is 0 Å². The minimum atomic E-state index is -0.613. The maximum absolute atomic E-state index is 13.7. The fourth-order valence-corrected chi connectivity index (χ4v) is 1.84. The molecule has 0 heterocycles. The van der Waals surface area contributed by atoms with Crippen molar-refractivity contribution in [2.24, 2.45) is 0 Å². The summed E-state index contributed by atoms with van der Waals surface area (Å²) in [5, 5.41) is -0.0479. The average Bonchev–Trinajstić information content (AvgIpc) is 2.36. The van der Waals surface area contributed by atoms with E-state index in [4.69, 9.17) is 11.6 Å². The molecular weight excluding hydrogens is 326 g/mol. The number of ether oxygens (including phenoxy) is 1. The van der Waals surface area contributed by atoms with E-state index in [0.717, 1.165) is 0 Å². The molecule has 0 unspecified atom stereocenters. The summed E-state index contributed by atoms with van der Waals surface area (Å²) < 4.78 is 18.5. The van der Waals surface area contributed by atoms with Crippen LogP contribution in [0.5, 0.6) is 0 Å². The number of halogens is 3. The van der Waals surface area contributed by atoms with Crippen LogP contribution in [0.1, 0.15) is 18.4 Å². The Kier molecular flexibility index (Phi) is 5.75. The fourth-order valence-electron chi connectivity index (χ4n) is 1.35. The molecule has 0 aliphatic rings. The van der Waals surface area contributed by atoms with Gasteiger partial charge in [0.15, 0.2) is 0 Å². The van der Waals surface area contributed by atoms with Gasteiger partial charge < -0.3 is 4.74 Å². The number of hydrogen-bond acceptors (Lipinski definition) is 3. The van der Waals surface area contributed by atoms with Crippen LogP contribution in [-0.4, -0.2) is 18.9 Å². The third kappa shape index (κ3) is 4.07. The number of carbonyl (C=O) groups is 2. The van der Waals surface area contributed by atoms with Crippen LogP contribution in [0.15, 0.2) is 16.6 Å². The number of benzene rings is 1. The van der Waals surface area contributed by atoms with Crippen LogP contribution in [0.2, 0.25) is 5.02 Å². The van der Waals surface area contributed by atoms with Gasteiger partial charge in [-0.3, -0.25) is 9.59 Å². The van der Waals surface area contributed by atoms with Crippen molar-refractivity contribution < 1.29 is 18.7 Å². The van der Waals surface area contributed by atoms with E-state index in [9.17, 15) is 14.0 Å². The Morgan fingerprint density at radius 3 is 2.67 bits per heavy atom. The fraction of sp³-hybridized carbons (Fsp3) is 0.333. The van der Waals surface area contributed by atoms with Crippen LogP contribution in [0.4, 0.5) is 4.39 Å². The molecule has 1 aromatic rings. The molecule has 0 spiro atoms. The summed E-state index contributed by atoms with van der Waals surface area (Å²) in [6.07, 6.45) is -0.0587. The van der Waals surface area contributed by atoms with Gasteiger partial charge in [-0.2, -0.15) is 0 Å². The van der Waals surface area contributed by atoms with Crippen molar-refractivity contribution in [2.45, 2.75) is 19.3 Å². The molecule has 0 atom stereocenters. The molecule has 0 aliphatic carbocycles. The second-order valence-corrected chi connectivity index (χ2v) is 4.86. The lowest BCUT2D eigenvalue weighted by molar-refractivity contribution is -0.141. The highest BCUT2D eigenvalue weighted by Crippen LogP contribution is 2.27. The van der Waals surface area contributed by atoms with Gasteiger partial charge in [-0.1, -0.05) is 17.7 Å². The normalized spacial score (nSPS) is 10.2. The Bertz CT molecular complexity index is 477. The van der Waals surface area contributed by atoms with Crippen molar-refractivity contribution in [3.8, 4) is 0 Å². The van der Waals surface area contributed by atoms with Gasteiger partial charge in [-0.15, -0.1) is 0 Å². The summed E-state index contributed by atoms with van der Waals surface area (Å²) >= 11 is 8.80. The van der Waals surface area contributed by atoms with Gasteiger partial charge >= 0.3 is 5.97 Å². The predicted octanol–water partition coefficient (Wildman–Crippen LogP) is 3.31. The van der Waals surface area contributed by atoms with Gasteiger partial charge in [0.05, 0.1) is 18.6 Å². The maximum Gasteiger partial charge on any atom is 0.305 e. The van der Waals surface area contributed by atoms with Crippen LogP contribution in [0.3, 0.4) is 0 Å². The summed E-state index contributed by atoms with van der Waals surface area (Å²) in [6.45, 7) is 0. The standard InChI is InChI=1S/C12H11BrClFO3/c1-18-10(17)5-3-8(16)6-7-2-4-9(13)11(14)12(7)15/h2,4H,3,5-6H2,1H3. The first-order chi connectivity index (χ1) is 8.45. The highest BCUT2D eigenvalue weighted by atomic mass is 79.9. The van der Waals surface area contributed by atoms with Crippen LogP contribution >= 0.6 is 27.5 Å². The van der Waals surface area contributed by atoms with E-state index in [-0.39, 0.29) is 35.6 Å². The van der Waals surface area contributed by atoms with Gasteiger partial charge in [-0.25, -0.2) is 4.39 Å². The van der Waals surface area contributed by atoms with Gasteiger partial charge in [0.25, 0.3) is 0 Å². The SMILES string of the molecule is COC(=O)CCC(=O)Cc1ccc(Br)c(Cl)c1F. The molecule has 3 nitrogen and oxygen atoms in total. The summed E-state index contributed by atoms with van der Waals surface area (Å²) in [6, 6.07) is 3.07. The predicted molar refractivity (Wildman–Crippen MR) is 69.1 cm³/mol. The molecule has 0 aromatic heterocycles. The van der Waals surface area contributed by atoms with Crippen molar-refractivity contribution in [2.75, 3.05) is 7.11 Å². The second-order valence-electron chi connectivity index (χ2n) is 3.63. The molecule has 0 amide bonds. The molecule has 0 radical (unpaired) electrons. The topological polar surface area (TPSA) is 43.4 Å². The number of methoxy groups -OCH3 is 1. The number of hydrogen-bond donors (Lipinski definition) is 0. The van der Waals surface area contributed by atoms with Crippen molar-refractivity contribution in [3.63, 3.8) is 0 Å². The van der Waals surface area contributed by atoms with Gasteiger partial charge in [0.2, 0.25) is 0 Å². The van der Waals surface area contributed by atoms with E-state index in [2.05, 4.69) is 20.7 Å². The zero-order valence-corrected chi connectivity index (χ0v) is 12.0. The molecular formula is C12H11BrClFO3. The van der Waals surface area contributed by atoms with Crippen molar-refractivity contribution in [1.82, 2.24) is 0 Å². The highest BCUT2D eigenvalue weighted by Gasteiger charge is 2.14. The molecule has 0 fully saturated rings. The first-order valence-corrected chi connectivity index (χ1v) is 6.33. The summed E-state index contributed by atoms with van der Waals surface area (Å²) in [7, 11) is 1.25. The Balaban J connectivity index is 2.65. The minimum absolute atomic E-state index is 0.00120. The number of rotatable bonds is 5. The Hall–Kier alpha value is -0.940. The summed E-state index contributed by atoms with van der Waals surface area (Å²) in [5.74, 6) is -1.31. The first-order valence-electron chi connectivity index (χ1n) is 5.16. The second kappa shape index (κ2) is 6.85. The lowest BCUT2D eigenvalue weighted by atomic mass is 10.1. The first kappa shape index (κ1) is 15.1. The molecule has 0 saturated heterocycles. The zero-order chi connectivity index (χ0) is 13.7.